The van der Waals surface area contributed by atoms with Crippen LogP contribution in [0.4, 0.5) is 0 Å². The summed E-state index contributed by atoms with van der Waals surface area (Å²) in [5.74, 6) is 0.236. The number of aryl methyl sites for hydroxylation is 1. The standard InChI is InChI=1S/C16H13NO3S/c1-12-10-11-13-6-5-9-15(16(13)17-12)20-21(18,19)14-7-3-2-4-8-14/h2-11H,1H3. The van der Waals surface area contributed by atoms with Crippen molar-refractivity contribution in [2.24, 2.45) is 0 Å². The quantitative estimate of drug-likeness (QED) is 0.696. The van der Waals surface area contributed by atoms with Crippen LogP contribution in [0.25, 0.3) is 10.9 Å². The Morgan fingerprint density at radius 3 is 2.43 bits per heavy atom. The van der Waals surface area contributed by atoms with Crippen LogP contribution in [0.3, 0.4) is 0 Å². The molecule has 3 aromatic rings. The third-order valence-corrected chi connectivity index (χ3v) is 4.30. The molecule has 0 unspecified atom stereocenters. The molecule has 5 heteroatoms. The van der Waals surface area contributed by atoms with E-state index >= 15 is 0 Å². The molecule has 0 saturated carbocycles. The van der Waals surface area contributed by atoms with Gasteiger partial charge in [-0.1, -0.05) is 36.4 Å². The predicted molar refractivity (Wildman–Crippen MR) is 80.7 cm³/mol. The normalized spacial score (nSPS) is 11.5. The number of rotatable bonds is 3. The van der Waals surface area contributed by atoms with Crippen molar-refractivity contribution in [3.8, 4) is 5.75 Å². The lowest BCUT2D eigenvalue weighted by Gasteiger charge is -2.09. The number of fused-ring (bicyclic) bond motifs is 1. The van der Waals surface area contributed by atoms with E-state index in [0.29, 0.717) is 5.52 Å². The number of nitrogens with zero attached hydrogens (tertiary/aromatic N) is 1. The Balaban J connectivity index is 2.08. The maximum Gasteiger partial charge on any atom is 0.339 e. The molecule has 21 heavy (non-hydrogen) atoms. The van der Waals surface area contributed by atoms with Crippen LogP contribution in [0, 0.1) is 6.92 Å². The average Bonchev–Trinajstić information content (AvgIpc) is 2.48. The van der Waals surface area contributed by atoms with E-state index in [2.05, 4.69) is 4.98 Å². The average molecular weight is 299 g/mol. The minimum atomic E-state index is -3.86. The van der Waals surface area contributed by atoms with Crippen molar-refractivity contribution in [3.05, 3.63) is 66.4 Å². The highest BCUT2D eigenvalue weighted by Crippen LogP contribution is 2.26. The van der Waals surface area contributed by atoms with Gasteiger partial charge in [0.05, 0.1) is 0 Å². The van der Waals surface area contributed by atoms with Gasteiger partial charge in [0, 0.05) is 11.1 Å². The Bertz CT molecular complexity index is 890. The largest absolute Gasteiger partial charge is 0.377 e. The third-order valence-electron chi connectivity index (χ3n) is 3.05. The summed E-state index contributed by atoms with van der Waals surface area (Å²) in [6.45, 7) is 1.85. The van der Waals surface area contributed by atoms with E-state index in [9.17, 15) is 8.42 Å². The zero-order valence-electron chi connectivity index (χ0n) is 11.4. The highest BCUT2D eigenvalue weighted by molar-refractivity contribution is 7.87. The molecular weight excluding hydrogens is 286 g/mol. The number of benzene rings is 2. The molecule has 1 aromatic heterocycles. The smallest absolute Gasteiger partial charge is 0.339 e. The number of hydrogen-bond acceptors (Lipinski definition) is 4. The fourth-order valence-corrected chi connectivity index (χ4v) is 3.00. The van der Waals surface area contributed by atoms with Crippen LogP contribution in [0.1, 0.15) is 5.69 Å². The SMILES string of the molecule is Cc1ccc2cccc(OS(=O)(=O)c3ccccc3)c2n1. The first kappa shape index (κ1) is 13.6. The van der Waals surface area contributed by atoms with Gasteiger partial charge in [0.15, 0.2) is 5.75 Å². The summed E-state index contributed by atoms with van der Waals surface area (Å²) in [5.41, 5.74) is 1.34. The van der Waals surface area contributed by atoms with Gasteiger partial charge >= 0.3 is 10.1 Å². The number of para-hydroxylation sites is 1. The monoisotopic (exact) mass is 299 g/mol. The van der Waals surface area contributed by atoms with Crippen molar-refractivity contribution in [1.29, 1.82) is 0 Å². The lowest BCUT2D eigenvalue weighted by Crippen LogP contribution is -2.10. The van der Waals surface area contributed by atoms with Crippen LogP contribution in [-0.4, -0.2) is 13.4 Å². The van der Waals surface area contributed by atoms with E-state index in [4.69, 9.17) is 4.18 Å². The summed E-state index contributed by atoms with van der Waals surface area (Å²) in [6.07, 6.45) is 0. The van der Waals surface area contributed by atoms with Crippen molar-refractivity contribution >= 4 is 21.0 Å². The van der Waals surface area contributed by atoms with Crippen molar-refractivity contribution in [2.45, 2.75) is 11.8 Å². The van der Waals surface area contributed by atoms with Gasteiger partial charge in [0.25, 0.3) is 0 Å². The first-order chi connectivity index (χ1) is 10.1. The molecule has 0 atom stereocenters. The third kappa shape index (κ3) is 2.73. The molecule has 0 N–H and O–H groups in total. The highest BCUT2D eigenvalue weighted by atomic mass is 32.2. The van der Waals surface area contributed by atoms with Gasteiger partial charge in [0.2, 0.25) is 0 Å². The van der Waals surface area contributed by atoms with E-state index in [-0.39, 0.29) is 10.6 Å². The van der Waals surface area contributed by atoms with Gasteiger partial charge in [-0.25, -0.2) is 4.98 Å². The van der Waals surface area contributed by atoms with Gasteiger partial charge in [-0.2, -0.15) is 8.42 Å². The summed E-state index contributed by atoms with van der Waals surface area (Å²) < 4.78 is 29.8. The lowest BCUT2D eigenvalue weighted by atomic mass is 10.2. The predicted octanol–water partition coefficient (Wildman–Crippen LogP) is 3.31. The molecule has 1 heterocycles. The zero-order valence-corrected chi connectivity index (χ0v) is 12.2. The number of pyridine rings is 1. The first-order valence-electron chi connectivity index (χ1n) is 6.42. The Morgan fingerprint density at radius 2 is 1.67 bits per heavy atom. The van der Waals surface area contributed by atoms with Crippen LogP contribution >= 0.6 is 0 Å². The van der Waals surface area contributed by atoms with E-state index in [1.54, 1.807) is 30.3 Å². The van der Waals surface area contributed by atoms with Crippen molar-refractivity contribution < 1.29 is 12.6 Å². The molecule has 0 radical (unpaired) electrons. The Labute approximate surface area is 123 Å². The van der Waals surface area contributed by atoms with Gasteiger partial charge in [0.1, 0.15) is 10.4 Å². The fraction of sp³-hybridized carbons (Fsp3) is 0.0625. The minimum absolute atomic E-state index is 0.120. The molecule has 0 aliphatic carbocycles. The molecule has 0 aliphatic heterocycles. The van der Waals surface area contributed by atoms with Crippen LogP contribution in [-0.2, 0) is 10.1 Å². The number of hydrogen-bond donors (Lipinski definition) is 0. The molecule has 0 bridgehead atoms. The van der Waals surface area contributed by atoms with Gasteiger partial charge in [-0.3, -0.25) is 0 Å². The molecule has 106 valence electrons. The Morgan fingerprint density at radius 1 is 0.905 bits per heavy atom. The highest BCUT2D eigenvalue weighted by Gasteiger charge is 2.17. The summed E-state index contributed by atoms with van der Waals surface area (Å²) in [7, 11) is -3.86. The molecule has 2 aromatic carbocycles. The van der Waals surface area contributed by atoms with Crippen molar-refractivity contribution in [3.63, 3.8) is 0 Å². The maximum atomic E-state index is 12.3. The molecule has 0 saturated heterocycles. The van der Waals surface area contributed by atoms with Gasteiger partial charge in [-0.15, -0.1) is 0 Å². The van der Waals surface area contributed by atoms with Gasteiger partial charge < -0.3 is 4.18 Å². The van der Waals surface area contributed by atoms with Crippen LogP contribution < -0.4 is 4.18 Å². The summed E-state index contributed by atoms with van der Waals surface area (Å²) in [6, 6.07) is 17.0. The lowest BCUT2D eigenvalue weighted by molar-refractivity contribution is 0.488. The second-order valence-corrected chi connectivity index (χ2v) is 6.18. The Hall–Kier alpha value is -2.40. The van der Waals surface area contributed by atoms with E-state index < -0.39 is 10.1 Å². The molecule has 3 rings (SSSR count). The van der Waals surface area contributed by atoms with Crippen LogP contribution in [0.15, 0.2) is 65.6 Å². The first-order valence-corrected chi connectivity index (χ1v) is 7.83. The molecule has 0 fully saturated rings. The molecular formula is C16H13NO3S. The maximum absolute atomic E-state index is 12.3. The van der Waals surface area contributed by atoms with E-state index in [0.717, 1.165) is 11.1 Å². The number of aromatic nitrogens is 1. The summed E-state index contributed by atoms with van der Waals surface area (Å²) in [4.78, 5) is 4.48. The molecule has 0 amide bonds. The summed E-state index contributed by atoms with van der Waals surface area (Å²) >= 11 is 0. The van der Waals surface area contributed by atoms with Crippen LogP contribution in [0.2, 0.25) is 0 Å². The molecule has 0 spiro atoms. The van der Waals surface area contributed by atoms with E-state index in [1.807, 2.05) is 25.1 Å². The van der Waals surface area contributed by atoms with Gasteiger partial charge in [-0.05, 0) is 31.2 Å². The molecule has 0 aliphatic rings. The molecule has 4 nitrogen and oxygen atoms in total. The Kier molecular flexibility index (Phi) is 3.35. The summed E-state index contributed by atoms with van der Waals surface area (Å²) in [5, 5.41) is 0.835. The van der Waals surface area contributed by atoms with Crippen LogP contribution in [0.5, 0.6) is 5.75 Å². The minimum Gasteiger partial charge on any atom is -0.377 e. The second kappa shape index (κ2) is 5.18. The van der Waals surface area contributed by atoms with E-state index in [1.165, 1.54) is 12.1 Å². The zero-order chi connectivity index (χ0) is 14.9. The van der Waals surface area contributed by atoms with Crippen molar-refractivity contribution in [1.82, 2.24) is 4.98 Å². The van der Waals surface area contributed by atoms with Crippen molar-refractivity contribution in [2.75, 3.05) is 0 Å². The topological polar surface area (TPSA) is 56.3 Å². The second-order valence-electron chi connectivity index (χ2n) is 4.63. The fourth-order valence-electron chi connectivity index (χ4n) is 2.04.